The summed E-state index contributed by atoms with van der Waals surface area (Å²) in [6, 6.07) is -0.833. The maximum atomic E-state index is 9.72. The van der Waals surface area contributed by atoms with Crippen molar-refractivity contribution in [2.24, 2.45) is 11.5 Å². The standard InChI is InChI=1S/C4H6O5.CH4N2O/c5-2(4(8)9)1-3(6)7;2-1(3)4/h2,5H,1H2,(H,6,7)(H,8,9);(H4,2,3,4). The summed E-state index contributed by atoms with van der Waals surface area (Å²) in [4.78, 5) is 28.4. The Kier molecular flexibility index (Phi) is 7.24. The Morgan fingerprint density at radius 1 is 1.15 bits per heavy atom. The Balaban J connectivity index is 0. The number of carbonyl (C=O) groups excluding carboxylic acids is 1. The average molecular weight is 194 g/mol. The minimum Gasteiger partial charge on any atom is -0.481 e. The predicted octanol–water partition coefficient (Wildman–Crippen LogP) is -2.07. The Hall–Kier alpha value is -1.83. The van der Waals surface area contributed by atoms with Gasteiger partial charge in [-0.1, -0.05) is 0 Å². The largest absolute Gasteiger partial charge is 0.481 e. The van der Waals surface area contributed by atoms with E-state index in [1.807, 2.05) is 0 Å². The monoisotopic (exact) mass is 194 g/mol. The number of hydrogen-bond acceptors (Lipinski definition) is 4. The molecular formula is C5H10N2O6. The van der Waals surface area contributed by atoms with Crippen molar-refractivity contribution >= 4 is 18.0 Å². The fourth-order valence-corrected chi connectivity index (χ4v) is 0.253. The molecule has 8 nitrogen and oxygen atoms in total. The number of rotatable bonds is 3. The van der Waals surface area contributed by atoms with Gasteiger partial charge in [-0.05, 0) is 0 Å². The molecule has 0 aromatic rings. The van der Waals surface area contributed by atoms with Gasteiger partial charge in [-0.25, -0.2) is 9.59 Å². The van der Waals surface area contributed by atoms with Gasteiger partial charge in [0.05, 0.1) is 6.42 Å². The predicted molar refractivity (Wildman–Crippen MR) is 39.7 cm³/mol. The molecule has 0 saturated heterocycles. The molecule has 1 atom stereocenters. The highest BCUT2D eigenvalue weighted by molar-refractivity contribution is 5.79. The van der Waals surface area contributed by atoms with Crippen LogP contribution in [0.3, 0.4) is 0 Å². The summed E-state index contributed by atoms with van der Waals surface area (Å²) in [6.45, 7) is 0. The van der Waals surface area contributed by atoms with Gasteiger partial charge >= 0.3 is 18.0 Å². The van der Waals surface area contributed by atoms with Gasteiger partial charge in [0, 0.05) is 0 Å². The number of amides is 2. The van der Waals surface area contributed by atoms with Gasteiger partial charge in [0.25, 0.3) is 0 Å². The lowest BCUT2D eigenvalue weighted by molar-refractivity contribution is -0.152. The molecule has 2 amide bonds. The van der Waals surface area contributed by atoms with E-state index in [0.717, 1.165) is 0 Å². The first-order valence-electron chi connectivity index (χ1n) is 2.95. The van der Waals surface area contributed by atoms with Gasteiger partial charge in [0.1, 0.15) is 0 Å². The Bertz CT molecular complexity index is 199. The maximum absolute atomic E-state index is 9.72. The summed E-state index contributed by atoms with van der Waals surface area (Å²) >= 11 is 0. The molecule has 76 valence electrons. The summed E-state index contributed by atoms with van der Waals surface area (Å²) in [5.74, 6) is -2.85. The van der Waals surface area contributed by atoms with Gasteiger partial charge in [-0.2, -0.15) is 0 Å². The van der Waals surface area contributed by atoms with Crippen molar-refractivity contribution in [1.82, 2.24) is 0 Å². The molecule has 0 aliphatic carbocycles. The minimum atomic E-state index is -1.79. The van der Waals surface area contributed by atoms with Crippen molar-refractivity contribution in [1.29, 1.82) is 0 Å². The van der Waals surface area contributed by atoms with Crippen molar-refractivity contribution in [2.45, 2.75) is 12.5 Å². The number of aliphatic hydroxyl groups excluding tert-OH is 1. The zero-order chi connectivity index (χ0) is 11.0. The van der Waals surface area contributed by atoms with E-state index in [4.69, 9.17) is 20.1 Å². The number of carboxylic acid groups (broad SMARTS) is 2. The zero-order valence-corrected chi connectivity index (χ0v) is 6.51. The number of primary amides is 2. The molecule has 0 bridgehead atoms. The Morgan fingerprint density at radius 2 is 1.46 bits per heavy atom. The van der Waals surface area contributed by atoms with Crippen LogP contribution in [-0.2, 0) is 9.59 Å². The van der Waals surface area contributed by atoms with E-state index in [-0.39, 0.29) is 0 Å². The first kappa shape index (κ1) is 13.7. The van der Waals surface area contributed by atoms with Crippen LogP contribution < -0.4 is 11.5 Å². The molecule has 0 radical (unpaired) electrons. The molecule has 0 aliphatic heterocycles. The number of aliphatic hydroxyl groups is 1. The SMILES string of the molecule is NC(N)=O.O=C(O)CC(O)C(=O)O. The first-order chi connectivity index (χ1) is 5.77. The van der Waals surface area contributed by atoms with Crippen molar-refractivity contribution < 1.29 is 29.7 Å². The quantitative estimate of drug-likeness (QED) is 0.346. The lowest BCUT2D eigenvalue weighted by atomic mass is 10.3. The molecule has 0 fully saturated rings. The normalized spacial score (nSPS) is 10.5. The van der Waals surface area contributed by atoms with Crippen LogP contribution in [-0.4, -0.2) is 39.4 Å². The second-order valence-electron chi connectivity index (χ2n) is 1.85. The van der Waals surface area contributed by atoms with Crippen LogP contribution >= 0.6 is 0 Å². The van der Waals surface area contributed by atoms with Crippen LogP contribution in [0.1, 0.15) is 6.42 Å². The number of urea groups is 1. The highest BCUT2D eigenvalue weighted by Crippen LogP contribution is 1.89. The number of nitrogens with two attached hydrogens (primary N) is 2. The van der Waals surface area contributed by atoms with Crippen LogP contribution in [0, 0.1) is 0 Å². The molecule has 0 heterocycles. The maximum Gasteiger partial charge on any atom is 0.333 e. The van der Waals surface area contributed by atoms with E-state index in [2.05, 4.69) is 11.5 Å². The Labute approximate surface area is 72.8 Å². The number of carboxylic acids is 2. The lowest BCUT2D eigenvalue weighted by Gasteiger charge is -1.97. The van der Waals surface area contributed by atoms with E-state index in [1.54, 1.807) is 0 Å². The fourth-order valence-electron chi connectivity index (χ4n) is 0.253. The molecule has 0 aliphatic rings. The van der Waals surface area contributed by atoms with Crippen LogP contribution in [0.15, 0.2) is 0 Å². The molecule has 13 heavy (non-hydrogen) atoms. The van der Waals surface area contributed by atoms with Gasteiger partial charge < -0.3 is 26.8 Å². The molecule has 0 aromatic carbocycles. The number of aliphatic carboxylic acids is 2. The van der Waals surface area contributed by atoms with Crippen LogP contribution in [0.2, 0.25) is 0 Å². The summed E-state index contributed by atoms with van der Waals surface area (Å²) in [6.07, 6.45) is -2.54. The fraction of sp³-hybridized carbons (Fsp3) is 0.400. The highest BCUT2D eigenvalue weighted by atomic mass is 16.4. The molecule has 8 heteroatoms. The minimum absolute atomic E-state index is 0.755. The average Bonchev–Trinajstić information content (AvgIpc) is 1.83. The second kappa shape index (κ2) is 6.85. The van der Waals surface area contributed by atoms with E-state index >= 15 is 0 Å². The Morgan fingerprint density at radius 3 is 1.54 bits per heavy atom. The molecular weight excluding hydrogens is 184 g/mol. The van der Waals surface area contributed by atoms with Gasteiger partial charge in [0.15, 0.2) is 6.10 Å². The van der Waals surface area contributed by atoms with Crippen LogP contribution in [0.25, 0.3) is 0 Å². The summed E-state index contributed by atoms with van der Waals surface area (Å²) < 4.78 is 0. The van der Waals surface area contributed by atoms with E-state index < -0.39 is 30.5 Å². The molecule has 0 spiro atoms. The first-order valence-corrected chi connectivity index (χ1v) is 2.95. The highest BCUT2D eigenvalue weighted by Gasteiger charge is 2.16. The molecule has 0 saturated carbocycles. The van der Waals surface area contributed by atoms with Crippen molar-refractivity contribution in [3.63, 3.8) is 0 Å². The van der Waals surface area contributed by atoms with Crippen molar-refractivity contribution in [3.05, 3.63) is 0 Å². The van der Waals surface area contributed by atoms with Crippen molar-refractivity contribution in [2.75, 3.05) is 0 Å². The van der Waals surface area contributed by atoms with Gasteiger partial charge in [-0.3, -0.25) is 4.79 Å². The second-order valence-corrected chi connectivity index (χ2v) is 1.85. The third kappa shape index (κ3) is 17.8. The number of carbonyl (C=O) groups is 3. The topological polar surface area (TPSA) is 164 Å². The molecule has 7 N–H and O–H groups in total. The smallest absolute Gasteiger partial charge is 0.333 e. The summed E-state index contributed by atoms with van der Waals surface area (Å²) in [7, 11) is 0. The third-order valence-electron chi connectivity index (χ3n) is 0.653. The molecule has 1 unspecified atom stereocenters. The molecule has 0 aromatic heterocycles. The van der Waals surface area contributed by atoms with E-state index in [9.17, 15) is 9.59 Å². The lowest BCUT2D eigenvalue weighted by Crippen LogP contribution is -2.22. The zero-order valence-electron chi connectivity index (χ0n) is 6.51. The van der Waals surface area contributed by atoms with E-state index in [0.29, 0.717) is 0 Å². The molecule has 0 rings (SSSR count). The van der Waals surface area contributed by atoms with Gasteiger partial charge in [0.2, 0.25) is 0 Å². The van der Waals surface area contributed by atoms with Gasteiger partial charge in [-0.15, -0.1) is 0 Å². The number of hydrogen-bond donors (Lipinski definition) is 5. The summed E-state index contributed by atoms with van der Waals surface area (Å²) in [5, 5.41) is 24.1. The summed E-state index contributed by atoms with van der Waals surface area (Å²) in [5.41, 5.74) is 8.50. The van der Waals surface area contributed by atoms with Crippen LogP contribution in [0.5, 0.6) is 0 Å². The third-order valence-corrected chi connectivity index (χ3v) is 0.653. The van der Waals surface area contributed by atoms with Crippen molar-refractivity contribution in [3.8, 4) is 0 Å². The van der Waals surface area contributed by atoms with E-state index in [1.165, 1.54) is 0 Å². The van der Waals surface area contributed by atoms with Crippen LogP contribution in [0.4, 0.5) is 4.79 Å².